The molecule has 0 N–H and O–H groups in total. The number of hydrogen-bond donors (Lipinski definition) is 0. The smallest absolute Gasteiger partial charge is 0.343 e. The van der Waals surface area contributed by atoms with Crippen molar-refractivity contribution in [2.24, 2.45) is 20.5 Å². The van der Waals surface area contributed by atoms with E-state index in [0.29, 0.717) is 22.9 Å². The molecule has 0 bridgehead atoms. The van der Waals surface area contributed by atoms with Crippen LogP contribution in [0.5, 0.6) is 11.5 Å². The summed E-state index contributed by atoms with van der Waals surface area (Å²) in [5, 5.41) is 16.3. The number of benzene rings is 4. The molecular weight excluding hydrogens is 578 g/mol. The third kappa shape index (κ3) is 8.17. The Morgan fingerprint density at radius 2 is 1.13 bits per heavy atom. The maximum Gasteiger partial charge on any atom is 0.343 e. The van der Waals surface area contributed by atoms with Gasteiger partial charge in [-0.3, -0.25) is 19.3 Å². The van der Waals surface area contributed by atoms with Gasteiger partial charge in [0, 0.05) is 19.2 Å². The van der Waals surface area contributed by atoms with Gasteiger partial charge in [0.05, 0.1) is 22.6 Å². The van der Waals surface area contributed by atoms with Crippen LogP contribution < -0.4 is 9.47 Å². The first-order chi connectivity index (χ1) is 21.9. The van der Waals surface area contributed by atoms with E-state index in [1.54, 1.807) is 31.3 Å². The van der Waals surface area contributed by atoms with Crippen LogP contribution in [-0.2, 0) is 19.1 Å². The van der Waals surface area contributed by atoms with Gasteiger partial charge in [0.15, 0.2) is 0 Å². The Balaban J connectivity index is 1.07. The van der Waals surface area contributed by atoms with Gasteiger partial charge in [-0.1, -0.05) is 24.3 Å². The highest BCUT2D eigenvalue weighted by Gasteiger charge is 2.26. The Labute approximate surface area is 257 Å². The van der Waals surface area contributed by atoms with Crippen LogP contribution in [0.15, 0.2) is 130 Å². The first kappa shape index (κ1) is 30.2. The molecular formula is C33H25N5O7. The zero-order valence-corrected chi connectivity index (χ0v) is 23.9. The minimum Gasteiger partial charge on any atom is -0.457 e. The average Bonchev–Trinajstić information content (AvgIpc) is 3.37. The summed E-state index contributed by atoms with van der Waals surface area (Å²) in [6.45, 7) is -0.954. The van der Waals surface area contributed by atoms with E-state index in [9.17, 15) is 19.2 Å². The zero-order chi connectivity index (χ0) is 31.6. The van der Waals surface area contributed by atoms with E-state index in [4.69, 9.17) is 14.2 Å². The minimum atomic E-state index is -0.804. The van der Waals surface area contributed by atoms with E-state index >= 15 is 0 Å². The monoisotopic (exact) mass is 603 g/mol. The lowest BCUT2D eigenvalue weighted by Gasteiger charge is -2.13. The lowest BCUT2D eigenvalue weighted by atomic mass is 10.1. The first-order valence-corrected chi connectivity index (χ1v) is 13.5. The van der Waals surface area contributed by atoms with Crippen LogP contribution >= 0.6 is 0 Å². The van der Waals surface area contributed by atoms with Gasteiger partial charge in [0.1, 0.15) is 18.0 Å². The van der Waals surface area contributed by atoms with Crippen molar-refractivity contribution in [2.45, 2.75) is 0 Å². The molecule has 0 saturated heterocycles. The molecule has 0 aromatic heterocycles. The molecule has 12 heteroatoms. The van der Waals surface area contributed by atoms with E-state index in [1.165, 1.54) is 24.3 Å². The van der Waals surface area contributed by atoms with Gasteiger partial charge in [0.2, 0.25) is 6.79 Å². The molecule has 0 spiro atoms. The maximum atomic E-state index is 12.6. The van der Waals surface area contributed by atoms with Crippen LogP contribution in [0.3, 0.4) is 0 Å². The van der Waals surface area contributed by atoms with E-state index in [-0.39, 0.29) is 5.56 Å². The van der Waals surface area contributed by atoms with Crippen molar-refractivity contribution in [2.75, 3.05) is 20.4 Å². The summed E-state index contributed by atoms with van der Waals surface area (Å²) < 4.78 is 15.7. The molecule has 2 amide bonds. The second-order valence-electron chi connectivity index (χ2n) is 9.38. The number of rotatable bonds is 11. The Hall–Kier alpha value is -6.30. The van der Waals surface area contributed by atoms with E-state index < -0.39 is 37.1 Å². The third-order valence-electron chi connectivity index (χ3n) is 6.33. The number of amides is 2. The topological polar surface area (TPSA) is 149 Å². The number of hydrogen-bond acceptors (Lipinski definition) is 11. The molecule has 0 atom stereocenters. The third-order valence-corrected chi connectivity index (χ3v) is 6.33. The molecule has 1 aliphatic heterocycles. The maximum absolute atomic E-state index is 12.6. The molecule has 1 aliphatic rings. The number of imide groups is 1. The van der Waals surface area contributed by atoms with E-state index in [2.05, 4.69) is 20.5 Å². The Morgan fingerprint density at radius 3 is 1.67 bits per heavy atom. The van der Waals surface area contributed by atoms with Crippen LogP contribution in [0.4, 0.5) is 17.1 Å². The van der Waals surface area contributed by atoms with Crippen LogP contribution in [0, 0.1) is 0 Å². The van der Waals surface area contributed by atoms with Crippen molar-refractivity contribution >= 4 is 40.8 Å². The molecule has 0 unspecified atom stereocenters. The van der Waals surface area contributed by atoms with E-state index in [0.717, 1.165) is 33.9 Å². The highest BCUT2D eigenvalue weighted by atomic mass is 16.7. The number of carbonyl (C=O) groups excluding carboxylic acids is 4. The molecule has 0 fully saturated rings. The Bertz CT molecular complexity index is 1760. The summed E-state index contributed by atoms with van der Waals surface area (Å²) in [5.41, 5.74) is 4.41. The highest BCUT2D eigenvalue weighted by Crippen LogP contribution is 2.27. The predicted molar refractivity (Wildman–Crippen MR) is 162 cm³/mol. The average molecular weight is 604 g/mol. The fourth-order valence-corrected chi connectivity index (χ4v) is 4.03. The lowest BCUT2D eigenvalue weighted by molar-refractivity contribution is -0.156. The number of esters is 2. The van der Waals surface area contributed by atoms with Crippen molar-refractivity contribution in [3.8, 4) is 22.6 Å². The first-order valence-electron chi connectivity index (χ1n) is 13.5. The zero-order valence-electron chi connectivity index (χ0n) is 23.9. The fraction of sp³-hybridized carbons (Fsp3) is 0.0909. The summed E-state index contributed by atoms with van der Waals surface area (Å²) in [6.07, 6.45) is 2.15. The van der Waals surface area contributed by atoms with Gasteiger partial charge in [0.25, 0.3) is 11.8 Å². The van der Waals surface area contributed by atoms with E-state index in [1.807, 2.05) is 48.5 Å². The second-order valence-corrected chi connectivity index (χ2v) is 9.38. The molecule has 4 aromatic carbocycles. The molecule has 4 aromatic rings. The quantitative estimate of drug-likeness (QED) is 0.0624. The fourth-order valence-electron chi connectivity index (χ4n) is 4.03. The van der Waals surface area contributed by atoms with Crippen molar-refractivity contribution in [1.82, 2.24) is 4.90 Å². The number of nitrogens with zero attached hydrogens (tertiary/aromatic N) is 5. The van der Waals surface area contributed by atoms with Crippen molar-refractivity contribution in [3.63, 3.8) is 0 Å². The molecule has 0 aliphatic carbocycles. The highest BCUT2D eigenvalue weighted by molar-refractivity contribution is 6.14. The summed E-state index contributed by atoms with van der Waals surface area (Å²) in [6, 6.07) is 28.0. The van der Waals surface area contributed by atoms with Gasteiger partial charge in [-0.25, -0.2) is 4.79 Å². The standard InChI is InChI=1S/C33H25N5O7/c1-34-35-25-8-2-22(3-9-25)23-4-10-26(11-5-23)36-37-27-12-16-29(17-13-27)45-33(42)24-6-14-28(15-7-24)43-21-44-32(41)20-38-30(39)18-19-31(38)40/h2-19H,20-21H2,1H3. The Kier molecular flexibility index (Phi) is 9.55. The lowest BCUT2D eigenvalue weighted by Crippen LogP contribution is -2.36. The van der Waals surface area contributed by atoms with Gasteiger partial charge >= 0.3 is 11.9 Å². The normalized spacial score (nSPS) is 12.7. The minimum absolute atomic E-state index is 0.271. The van der Waals surface area contributed by atoms with Gasteiger partial charge in [-0.05, 0) is 83.9 Å². The van der Waals surface area contributed by atoms with Crippen molar-refractivity contribution < 1.29 is 33.4 Å². The SMILES string of the molecule is CN=Nc1ccc(-c2ccc(N=Nc3ccc(OC(=O)c4ccc(OCOC(=O)CN5C(=O)C=CC5=O)cc4)cc3)cc2)cc1. The molecule has 45 heavy (non-hydrogen) atoms. The van der Waals surface area contributed by atoms with Crippen molar-refractivity contribution in [3.05, 3.63) is 115 Å². The number of carbonyl (C=O) groups is 4. The number of azo groups is 2. The molecule has 224 valence electrons. The van der Waals surface area contributed by atoms with Gasteiger partial charge in [-0.15, -0.1) is 0 Å². The largest absolute Gasteiger partial charge is 0.457 e. The van der Waals surface area contributed by atoms with Crippen LogP contribution in [-0.4, -0.2) is 49.0 Å². The summed E-state index contributed by atoms with van der Waals surface area (Å²) in [5.74, 6) is -1.90. The predicted octanol–water partition coefficient (Wildman–Crippen LogP) is 6.51. The molecule has 5 rings (SSSR count). The van der Waals surface area contributed by atoms with Gasteiger partial charge in [-0.2, -0.15) is 20.5 Å². The number of ether oxygens (including phenoxy) is 3. The summed E-state index contributed by atoms with van der Waals surface area (Å²) in [7, 11) is 1.63. The van der Waals surface area contributed by atoms with Crippen LogP contribution in [0.2, 0.25) is 0 Å². The summed E-state index contributed by atoms with van der Waals surface area (Å²) in [4.78, 5) is 48.2. The molecule has 12 nitrogen and oxygen atoms in total. The summed E-state index contributed by atoms with van der Waals surface area (Å²) >= 11 is 0. The second kappa shape index (κ2) is 14.2. The molecule has 0 radical (unpaired) electrons. The Morgan fingerprint density at radius 1 is 0.644 bits per heavy atom. The van der Waals surface area contributed by atoms with Crippen LogP contribution in [0.25, 0.3) is 11.1 Å². The molecule has 0 saturated carbocycles. The van der Waals surface area contributed by atoms with Gasteiger partial charge < -0.3 is 14.2 Å². The van der Waals surface area contributed by atoms with Crippen molar-refractivity contribution in [1.29, 1.82) is 0 Å². The molecule has 1 heterocycles. The van der Waals surface area contributed by atoms with Crippen LogP contribution in [0.1, 0.15) is 10.4 Å².